The molecular formula is C21H23N3O5. The van der Waals surface area contributed by atoms with Crippen molar-refractivity contribution in [2.75, 3.05) is 26.7 Å². The summed E-state index contributed by atoms with van der Waals surface area (Å²) in [5, 5.41) is 11.6. The summed E-state index contributed by atoms with van der Waals surface area (Å²) in [6.07, 6.45) is 0. The topological polar surface area (TPSA) is 113 Å². The zero-order valence-corrected chi connectivity index (χ0v) is 16.0. The summed E-state index contributed by atoms with van der Waals surface area (Å²) < 4.78 is 0. The van der Waals surface area contributed by atoms with Crippen molar-refractivity contribution in [3.05, 3.63) is 71.3 Å². The predicted molar refractivity (Wildman–Crippen MR) is 104 cm³/mol. The van der Waals surface area contributed by atoms with Crippen molar-refractivity contribution in [2.45, 2.75) is 12.3 Å². The summed E-state index contributed by atoms with van der Waals surface area (Å²) in [5.74, 6) is -1.09. The van der Waals surface area contributed by atoms with Crippen LogP contribution in [-0.2, 0) is 21.9 Å². The molecule has 1 saturated heterocycles. The Labute approximate surface area is 168 Å². The second-order valence-corrected chi connectivity index (χ2v) is 7.24. The van der Waals surface area contributed by atoms with Crippen LogP contribution in [0.2, 0.25) is 0 Å². The van der Waals surface area contributed by atoms with Crippen molar-refractivity contribution in [1.82, 2.24) is 14.7 Å². The lowest BCUT2D eigenvalue weighted by molar-refractivity contribution is -0.143. The Balaban J connectivity index is 0.00000240. The Kier molecular flexibility index (Phi) is 5.41. The molecule has 3 amide bonds. The highest BCUT2D eigenvalue weighted by molar-refractivity contribution is 6.02. The number of nitrogens with zero attached hydrogens (tertiary/aromatic N) is 3. The van der Waals surface area contributed by atoms with Crippen LogP contribution in [0.4, 0.5) is 0 Å². The van der Waals surface area contributed by atoms with Gasteiger partial charge in [-0.15, -0.1) is 0 Å². The number of amides is 3. The first kappa shape index (κ1) is 20.5. The third kappa shape index (κ3) is 3.48. The molecule has 3 N–H and O–H groups in total. The summed E-state index contributed by atoms with van der Waals surface area (Å²) >= 11 is 0. The van der Waals surface area contributed by atoms with Gasteiger partial charge in [0.2, 0.25) is 11.8 Å². The average molecular weight is 397 g/mol. The van der Waals surface area contributed by atoms with E-state index in [4.69, 9.17) is 0 Å². The zero-order chi connectivity index (χ0) is 19.9. The average Bonchev–Trinajstić information content (AvgIpc) is 2.91. The van der Waals surface area contributed by atoms with Crippen molar-refractivity contribution in [3.63, 3.8) is 0 Å². The number of likely N-dealkylation sites (N-methyl/N-ethyl adjacent to an activating group) is 1. The molecule has 8 heteroatoms. The third-order valence-corrected chi connectivity index (χ3v) is 5.35. The molecule has 2 aliphatic heterocycles. The molecule has 4 rings (SSSR count). The first-order valence-electron chi connectivity index (χ1n) is 9.09. The monoisotopic (exact) mass is 397 g/mol. The van der Waals surface area contributed by atoms with E-state index in [2.05, 4.69) is 0 Å². The van der Waals surface area contributed by atoms with E-state index in [0.717, 1.165) is 5.56 Å². The Morgan fingerprint density at radius 2 is 1.59 bits per heavy atom. The largest absolute Gasteiger partial charge is 0.412 e. The maximum atomic E-state index is 12.9. The van der Waals surface area contributed by atoms with E-state index in [0.29, 0.717) is 11.1 Å². The van der Waals surface area contributed by atoms with Gasteiger partial charge in [-0.1, -0.05) is 48.5 Å². The lowest BCUT2D eigenvalue weighted by Crippen LogP contribution is -2.53. The van der Waals surface area contributed by atoms with E-state index >= 15 is 0 Å². The van der Waals surface area contributed by atoms with Crippen LogP contribution in [0, 0.1) is 0 Å². The quantitative estimate of drug-likeness (QED) is 0.766. The van der Waals surface area contributed by atoms with Crippen molar-refractivity contribution in [2.24, 2.45) is 0 Å². The third-order valence-electron chi connectivity index (χ3n) is 5.35. The van der Waals surface area contributed by atoms with E-state index in [9.17, 15) is 19.5 Å². The smallest absolute Gasteiger partial charge is 0.257 e. The number of hydrogen-bond donors (Lipinski definition) is 1. The number of β-amino-alcohol motifs (C(OH)–C–C–N with tert-alkyl or cyclic N) is 1. The minimum absolute atomic E-state index is 0. The molecule has 1 fully saturated rings. The number of hydrogen-bond acceptors (Lipinski definition) is 4. The van der Waals surface area contributed by atoms with Crippen LogP contribution in [0.5, 0.6) is 0 Å². The standard InChI is InChI=1S/C21H21N3O4.H2O/c1-22-12-19(26)23(11-15-7-3-2-4-8-15)14-21(28)17-10-6-5-9-16(17)20(27)24(21)13-18(22)25;/h2-10,28H,11-14H2,1H3;1H2/t21-;/m0./s1. The van der Waals surface area contributed by atoms with E-state index in [-0.39, 0.29) is 37.6 Å². The number of benzene rings is 2. The molecule has 0 spiro atoms. The summed E-state index contributed by atoms with van der Waals surface area (Å²) in [4.78, 5) is 42.4. The van der Waals surface area contributed by atoms with Crippen LogP contribution >= 0.6 is 0 Å². The van der Waals surface area contributed by atoms with E-state index < -0.39 is 17.5 Å². The molecule has 0 radical (unpaired) electrons. The number of aliphatic hydroxyl groups is 1. The van der Waals surface area contributed by atoms with Crippen LogP contribution < -0.4 is 0 Å². The highest BCUT2D eigenvalue weighted by Gasteiger charge is 2.51. The van der Waals surface area contributed by atoms with Crippen LogP contribution in [0.1, 0.15) is 21.5 Å². The van der Waals surface area contributed by atoms with Crippen molar-refractivity contribution >= 4 is 17.7 Å². The molecule has 0 bridgehead atoms. The Morgan fingerprint density at radius 1 is 0.931 bits per heavy atom. The first-order chi connectivity index (χ1) is 13.4. The molecule has 0 aliphatic carbocycles. The fourth-order valence-electron chi connectivity index (χ4n) is 3.80. The van der Waals surface area contributed by atoms with Gasteiger partial charge >= 0.3 is 0 Å². The van der Waals surface area contributed by atoms with Gasteiger partial charge in [-0.2, -0.15) is 0 Å². The molecule has 1 atom stereocenters. The maximum Gasteiger partial charge on any atom is 0.257 e. The number of carbonyl (C=O) groups is 3. The Morgan fingerprint density at radius 3 is 2.31 bits per heavy atom. The van der Waals surface area contributed by atoms with Crippen molar-refractivity contribution in [3.8, 4) is 0 Å². The second kappa shape index (κ2) is 7.65. The van der Waals surface area contributed by atoms with Crippen molar-refractivity contribution < 1.29 is 25.0 Å². The van der Waals surface area contributed by atoms with E-state index in [1.807, 2.05) is 30.3 Å². The van der Waals surface area contributed by atoms with Crippen LogP contribution in [0.3, 0.4) is 0 Å². The van der Waals surface area contributed by atoms with Crippen molar-refractivity contribution in [1.29, 1.82) is 0 Å². The molecule has 152 valence electrons. The van der Waals surface area contributed by atoms with E-state index in [1.54, 1.807) is 24.3 Å². The fraction of sp³-hybridized carbons (Fsp3) is 0.286. The molecule has 0 aromatic heterocycles. The Hall–Kier alpha value is -3.23. The lowest BCUT2D eigenvalue weighted by atomic mass is 10.00. The second-order valence-electron chi connectivity index (χ2n) is 7.24. The van der Waals surface area contributed by atoms with Gasteiger partial charge in [0.1, 0.15) is 6.54 Å². The van der Waals surface area contributed by atoms with Gasteiger partial charge in [-0.25, -0.2) is 0 Å². The maximum absolute atomic E-state index is 12.9. The van der Waals surface area contributed by atoms with Gasteiger partial charge in [0.25, 0.3) is 5.91 Å². The SMILES string of the molecule is CN1CC(=O)N(Cc2ccccc2)C[C@]2(O)c3ccccc3C(=O)N2CC1=O.O. The van der Waals surface area contributed by atoms with Crippen LogP contribution in [0.25, 0.3) is 0 Å². The Bertz CT molecular complexity index is 948. The number of carbonyl (C=O) groups excluding carboxylic acids is 3. The van der Waals surface area contributed by atoms with Crippen LogP contribution in [0.15, 0.2) is 54.6 Å². The highest BCUT2D eigenvalue weighted by Crippen LogP contribution is 2.38. The molecular weight excluding hydrogens is 374 g/mol. The normalized spacial score (nSPS) is 21.7. The molecule has 2 aromatic carbocycles. The predicted octanol–water partition coefficient (Wildman–Crippen LogP) is -0.0364. The molecule has 29 heavy (non-hydrogen) atoms. The lowest BCUT2D eigenvalue weighted by Gasteiger charge is -2.37. The molecule has 2 heterocycles. The van der Waals surface area contributed by atoms with Gasteiger partial charge in [0.05, 0.1) is 13.1 Å². The minimum Gasteiger partial charge on any atom is -0.412 e. The number of fused-ring (bicyclic) bond motifs is 3. The summed E-state index contributed by atoms with van der Waals surface area (Å²) in [6.45, 7) is -0.225. The van der Waals surface area contributed by atoms with Gasteiger partial charge in [-0.05, 0) is 11.6 Å². The molecule has 0 unspecified atom stereocenters. The molecule has 0 saturated carbocycles. The van der Waals surface area contributed by atoms with Gasteiger partial charge < -0.3 is 20.4 Å². The van der Waals surface area contributed by atoms with E-state index in [1.165, 1.54) is 21.7 Å². The molecule has 8 nitrogen and oxygen atoms in total. The fourth-order valence-corrected chi connectivity index (χ4v) is 3.80. The highest BCUT2D eigenvalue weighted by atomic mass is 16.3. The summed E-state index contributed by atoms with van der Waals surface area (Å²) in [5.41, 5.74) is -0.0768. The minimum atomic E-state index is -1.75. The van der Waals surface area contributed by atoms with Gasteiger partial charge in [0, 0.05) is 24.7 Å². The number of rotatable bonds is 2. The summed E-state index contributed by atoms with van der Waals surface area (Å²) in [7, 11) is 1.53. The van der Waals surface area contributed by atoms with Gasteiger partial charge in [-0.3, -0.25) is 19.3 Å². The first-order valence-corrected chi connectivity index (χ1v) is 9.09. The molecule has 2 aromatic rings. The summed E-state index contributed by atoms with van der Waals surface area (Å²) in [6, 6.07) is 16.2. The zero-order valence-electron chi connectivity index (χ0n) is 16.0. The van der Waals surface area contributed by atoms with Crippen LogP contribution in [-0.4, -0.2) is 69.7 Å². The van der Waals surface area contributed by atoms with Gasteiger partial charge in [0.15, 0.2) is 5.72 Å². The molecule has 2 aliphatic rings.